The van der Waals surface area contributed by atoms with Crippen LogP contribution in [0.1, 0.15) is 25.7 Å². The van der Waals surface area contributed by atoms with Gasteiger partial charge in [0.15, 0.2) is 0 Å². The van der Waals surface area contributed by atoms with Gasteiger partial charge >= 0.3 is 0 Å². The van der Waals surface area contributed by atoms with E-state index in [9.17, 15) is 4.79 Å². The van der Waals surface area contributed by atoms with Crippen LogP contribution in [0, 0.1) is 17.8 Å². The van der Waals surface area contributed by atoms with Crippen LogP contribution in [0.4, 0.5) is 0 Å². The highest BCUT2D eigenvalue weighted by Crippen LogP contribution is 2.48. The van der Waals surface area contributed by atoms with Crippen molar-refractivity contribution in [3.63, 3.8) is 0 Å². The van der Waals surface area contributed by atoms with E-state index in [2.05, 4.69) is 15.3 Å². The summed E-state index contributed by atoms with van der Waals surface area (Å²) in [7, 11) is 0. The molecule has 2 saturated carbocycles. The number of amides is 1. The number of hydrogen-bond acceptors (Lipinski definition) is 2. The predicted molar refractivity (Wildman–Crippen MR) is 56.0 cm³/mol. The van der Waals surface area contributed by atoms with Gasteiger partial charge < -0.3 is 5.32 Å². The first kappa shape index (κ1) is 10.3. The van der Waals surface area contributed by atoms with Crippen LogP contribution in [0.5, 0.6) is 0 Å². The Balaban J connectivity index is 1.74. The smallest absolute Gasteiger partial charge is 0.223 e. The summed E-state index contributed by atoms with van der Waals surface area (Å²) < 4.78 is 0. The number of rotatable bonds is 4. The molecule has 0 saturated heterocycles. The summed E-state index contributed by atoms with van der Waals surface area (Å²) >= 11 is 0. The predicted octanol–water partition coefficient (Wildman–Crippen LogP) is 1.85. The topological polar surface area (TPSA) is 77.9 Å². The molecule has 3 unspecified atom stereocenters. The maximum absolute atomic E-state index is 11.8. The second kappa shape index (κ2) is 4.53. The average Bonchev–Trinajstić information content (AvgIpc) is 2.85. The minimum Gasteiger partial charge on any atom is -0.356 e. The van der Waals surface area contributed by atoms with E-state index in [1.807, 2.05) is 0 Å². The highest BCUT2D eigenvalue weighted by molar-refractivity contribution is 5.79. The second-order valence-electron chi connectivity index (χ2n) is 4.53. The van der Waals surface area contributed by atoms with Crippen molar-refractivity contribution < 1.29 is 4.79 Å². The Labute approximate surface area is 88.9 Å². The van der Waals surface area contributed by atoms with Crippen molar-refractivity contribution in [3.8, 4) is 0 Å². The Morgan fingerprint density at radius 2 is 2.33 bits per heavy atom. The highest BCUT2D eigenvalue weighted by Gasteiger charge is 2.42. The van der Waals surface area contributed by atoms with E-state index < -0.39 is 0 Å². The number of carbonyl (C=O) groups is 1. The highest BCUT2D eigenvalue weighted by atomic mass is 16.1. The molecule has 0 spiro atoms. The van der Waals surface area contributed by atoms with Gasteiger partial charge in [-0.1, -0.05) is 11.5 Å². The van der Waals surface area contributed by atoms with Crippen LogP contribution in [0.25, 0.3) is 10.4 Å². The van der Waals surface area contributed by atoms with Gasteiger partial charge in [-0.2, -0.15) is 0 Å². The summed E-state index contributed by atoms with van der Waals surface area (Å²) in [5.74, 6) is 1.81. The molecule has 2 aliphatic carbocycles. The molecule has 5 heteroatoms. The SMILES string of the molecule is [N-]=[N+]=NCCNC(=O)C1CC2CCC1C2. The number of carbonyl (C=O) groups excluding carboxylic acids is 1. The van der Waals surface area contributed by atoms with E-state index >= 15 is 0 Å². The molecule has 2 rings (SSSR count). The van der Waals surface area contributed by atoms with Crippen LogP contribution in [-0.4, -0.2) is 19.0 Å². The van der Waals surface area contributed by atoms with Crippen LogP contribution in [0.3, 0.4) is 0 Å². The molecule has 2 bridgehead atoms. The fraction of sp³-hybridized carbons (Fsp3) is 0.900. The Morgan fingerprint density at radius 1 is 1.47 bits per heavy atom. The van der Waals surface area contributed by atoms with Crippen molar-refractivity contribution in [2.75, 3.05) is 13.1 Å². The summed E-state index contributed by atoms with van der Waals surface area (Å²) in [6.45, 7) is 0.819. The number of hydrogen-bond donors (Lipinski definition) is 1. The number of azide groups is 1. The molecular formula is C10H16N4O. The fourth-order valence-electron chi connectivity index (χ4n) is 2.97. The molecule has 3 atom stereocenters. The molecule has 0 heterocycles. The zero-order valence-corrected chi connectivity index (χ0v) is 8.72. The minimum atomic E-state index is 0.162. The standard InChI is InChI=1S/C10H16N4O/c11-14-13-4-3-12-10(15)9-6-7-1-2-8(9)5-7/h7-9H,1-6H2,(H,12,15). The monoisotopic (exact) mass is 208 g/mol. The maximum atomic E-state index is 11.8. The van der Waals surface area contributed by atoms with Gasteiger partial charge in [-0.3, -0.25) is 4.79 Å². The first-order valence-electron chi connectivity index (χ1n) is 5.60. The van der Waals surface area contributed by atoms with Crippen molar-refractivity contribution in [1.29, 1.82) is 0 Å². The molecular weight excluding hydrogens is 192 g/mol. The average molecular weight is 208 g/mol. The Morgan fingerprint density at radius 3 is 2.93 bits per heavy atom. The normalized spacial score (nSPS) is 32.4. The van der Waals surface area contributed by atoms with Gasteiger partial charge in [0.1, 0.15) is 0 Å². The van der Waals surface area contributed by atoms with Crippen LogP contribution in [0.2, 0.25) is 0 Å². The first-order chi connectivity index (χ1) is 7.31. The Bertz CT molecular complexity index is 298. The van der Waals surface area contributed by atoms with Crippen LogP contribution >= 0.6 is 0 Å². The van der Waals surface area contributed by atoms with E-state index in [4.69, 9.17) is 5.53 Å². The zero-order valence-electron chi connectivity index (χ0n) is 8.72. The lowest BCUT2D eigenvalue weighted by Gasteiger charge is -2.20. The van der Waals surface area contributed by atoms with Crippen molar-refractivity contribution >= 4 is 5.91 Å². The van der Waals surface area contributed by atoms with Crippen LogP contribution in [-0.2, 0) is 4.79 Å². The van der Waals surface area contributed by atoms with Gasteiger partial charge in [-0.25, -0.2) is 0 Å². The molecule has 0 aromatic rings. The van der Waals surface area contributed by atoms with Crippen LogP contribution in [0.15, 0.2) is 5.11 Å². The Hall–Kier alpha value is -1.22. The number of nitrogens with zero attached hydrogens (tertiary/aromatic N) is 3. The van der Waals surface area contributed by atoms with Gasteiger partial charge in [0.2, 0.25) is 5.91 Å². The summed E-state index contributed by atoms with van der Waals surface area (Å²) in [5.41, 5.74) is 8.07. The third-order valence-corrected chi connectivity index (χ3v) is 3.65. The number of fused-ring (bicyclic) bond motifs is 2. The lowest BCUT2D eigenvalue weighted by Crippen LogP contribution is -2.35. The summed E-state index contributed by atoms with van der Waals surface area (Å²) in [4.78, 5) is 14.4. The van der Waals surface area contributed by atoms with Gasteiger partial charge in [-0.05, 0) is 36.6 Å². The molecule has 2 fully saturated rings. The maximum Gasteiger partial charge on any atom is 0.223 e. The quantitative estimate of drug-likeness (QED) is 0.325. The van der Waals surface area contributed by atoms with E-state index in [0.717, 1.165) is 12.3 Å². The van der Waals surface area contributed by atoms with Gasteiger partial charge in [-0.15, -0.1) is 0 Å². The summed E-state index contributed by atoms with van der Waals surface area (Å²) in [6.07, 6.45) is 4.85. The zero-order chi connectivity index (χ0) is 10.7. The van der Waals surface area contributed by atoms with Crippen molar-refractivity contribution in [2.45, 2.75) is 25.7 Å². The van der Waals surface area contributed by atoms with E-state index in [1.165, 1.54) is 19.3 Å². The number of nitrogens with one attached hydrogen (secondary N) is 1. The lowest BCUT2D eigenvalue weighted by atomic mass is 9.88. The first-order valence-corrected chi connectivity index (χ1v) is 5.60. The third kappa shape index (κ3) is 2.23. The lowest BCUT2D eigenvalue weighted by molar-refractivity contribution is -0.126. The molecule has 5 nitrogen and oxygen atoms in total. The molecule has 0 radical (unpaired) electrons. The molecule has 82 valence electrons. The summed E-state index contributed by atoms with van der Waals surface area (Å²) in [5, 5.41) is 6.22. The molecule has 0 aliphatic heterocycles. The third-order valence-electron chi connectivity index (χ3n) is 3.65. The molecule has 1 amide bonds. The van der Waals surface area contributed by atoms with E-state index in [0.29, 0.717) is 19.0 Å². The molecule has 15 heavy (non-hydrogen) atoms. The largest absolute Gasteiger partial charge is 0.356 e. The molecule has 1 N–H and O–H groups in total. The van der Waals surface area contributed by atoms with Gasteiger partial charge in [0, 0.05) is 23.9 Å². The minimum absolute atomic E-state index is 0.162. The van der Waals surface area contributed by atoms with Crippen molar-refractivity contribution in [3.05, 3.63) is 10.4 Å². The van der Waals surface area contributed by atoms with Crippen molar-refractivity contribution in [2.24, 2.45) is 22.9 Å². The van der Waals surface area contributed by atoms with Crippen molar-refractivity contribution in [1.82, 2.24) is 5.32 Å². The molecule has 0 aromatic carbocycles. The van der Waals surface area contributed by atoms with Crippen LogP contribution < -0.4 is 5.32 Å². The molecule has 0 aromatic heterocycles. The van der Waals surface area contributed by atoms with Gasteiger partial charge in [0.05, 0.1) is 0 Å². The Kier molecular flexibility index (Phi) is 3.11. The fourth-order valence-corrected chi connectivity index (χ4v) is 2.97. The van der Waals surface area contributed by atoms with E-state index in [1.54, 1.807) is 0 Å². The van der Waals surface area contributed by atoms with E-state index in [-0.39, 0.29) is 11.8 Å². The second-order valence-corrected chi connectivity index (χ2v) is 4.53. The summed E-state index contributed by atoms with van der Waals surface area (Å²) in [6, 6.07) is 0. The molecule has 2 aliphatic rings. The van der Waals surface area contributed by atoms with Gasteiger partial charge in [0.25, 0.3) is 0 Å².